The lowest BCUT2D eigenvalue weighted by atomic mass is 10.2. The molecule has 1 aromatic carbocycles. The Labute approximate surface area is 143 Å². The zero-order valence-electron chi connectivity index (χ0n) is 13.9. The second kappa shape index (κ2) is 6.00. The topological polar surface area (TPSA) is 88.6 Å². The number of amides is 1. The van der Waals surface area contributed by atoms with E-state index in [4.69, 9.17) is 4.42 Å². The van der Waals surface area contributed by atoms with Crippen LogP contribution in [0.15, 0.2) is 39.8 Å². The van der Waals surface area contributed by atoms with Crippen LogP contribution in [0.3, 0.4) is 0 Å². The zero-order chi connectivity index (χ0) is 17.6. The highest BCUT2D eigenvalue weighted by Crippen LogP contribution is 2.32. The van der Waals surface area contributed by atoms with E-state index in [9.17, 15) is 14.7 Å². The van der Waals surface area contributed by atoms with Gasteiger partial charge in [0, 0.05) is 19.0 Å². The molecule has 4 rings (SSSR count). The number of aliphatic hydroxyl groups is 1. The molecule has 0 bridgehead atoms. The van der Waals surface area contributed by atoms with Crippen LogP contribution >= 0.6 is 0 Å². The number of carbonyl (C=O) groups is 1. The van der Waals surface area contributed by atoms with Crippen molar-refractivity contribution < 1.29 is 14.3 Å². The summed E-state index contributed by atoms with van der Waals surface area (Å²) in [6.07, 6.45) is 2.89. The Morgan fingerprint density at radius 2 is 2.20 bits per heavy atom. The van der Waals surface area contributed by atoms with Gasteiger partial charge in [-0.1, -0.05) is 12.1 Å². The van der Waals surface area contributed by atoms with Gasteiger partial charge in [-0.15, -0.1) is 0 Å². The van der Waals surface area contributed by atoms with Gasteiger partial charge in [0.25, 0.3) is 5.56 Å². The third kappa shape index (κ3) is 2.91. The summed E-state index contributed by atoms with van der Waals surface area (Å²) in [4.78, 5) is 30.7. The van der Waals surface area contributed by atoms with Gasteiger partial charge in [0.15, 0.2) is 0 Å². The minimum absolute atomic E-state index is 0.132. The number of hydrogen-bond donors (Lipinski definition) is 1. The van der Waals surface area contributed by atoms with Gasteiger partial charge < -0.3 is 14.4 Å². The van der Waals surface area contributed by atoms with Gasteiger partial charge in [-0.2, -0.15) is 0 Å². The largest absolute Gasteiger partial charge is 0.448 e. The van der Waals surface area contributed by atoms with Crippen LogP contribution in [0.5, 0.6) is 0 Å². The highest BCUT2D eigenvalue weighted by Gasteiger charge is 2.31. The molecular formula is C18H19N3O4. The summed E-state index contributed by atoms with van der Waals surface area (Å²) >= 11 is 0. The van der Waals surface area contributed by atoms with Crippen LogP contribution in [0.1, 0.15) is 12.8 Å². The molecule has 7 heteroatoms. The molecule has 0 spiro atoms. The summed E-state index contributed by atoms with van der Waals surface area (Å²) in [5.41, 5.74) is 0.862. The number of nitrogens with zero attached hydrogens (tertiary/aromatic N) is 3. The first-order chi connectivity index (χ1) is 12.0. The number of rotatable bonds is 5. The van der Waals surface area contributed by atoms with E-state index in [1.807, 2.05) is 18.2 Å². The van der Waals surface area contributed by atoms with Gasteiger partial charge in [-0.3, -0.25) is 14.2 Å². The number of aromatic nitrogens is 2. The molecule has 2 aromatic heterocycles. The molecule has 1 fully saturated rings. The number of likely N-dealkylation sites (N-methyl/N-ethyl adjacent to an activating group) is 1. The lowest BCUT2D eigenvalue weighted by Crippen LogP contribution is -2.38. The molecule has 1 atom stereocenters. The number of furan rings is 1. The average Bonchev–Trinajstić information content (AvgIpc) is 3.38. The second-order valence-electron chi connectivity index (χ2n) is 6.63. The van der Waals surface area contributed by atoms with Crippen molar-refractivity contribution in [3.8, 4) is 0 Å². The van der Waals surface area contributed by atoms with Gasteiger partial charge in [-0.25, -0.2) is 4.98 Å². The van der Waals surface area contributed by atoms with Crippen LogP contribution in [0.4, 0.5) is 0 Å². The summed E-state index contributed by atoms with van der Waals surface area (Å²) in [6, 6.07) is 7.30. The highest BCUT2D eigenvalue weighted by atomic mass is 16.3. The first-order valence-electron chi connectivity index (χ1n) is 8.33. The van der Waals surface area contributed by atoms with Gasteiger partial charge in [0.05, 0.1) is 12.4 Å². The maximum atomic E-state index is 12.6. The minimum Gasteiger partial charge on any atom is -0.448 e. The fourth-order valence-corrected chi connectivity index (χ4v) is 3.01. The summed E-state index contributed by atoms with van der Waals surface area (Å²) in [6.45, 7) is 0.144. The van der Waals surface area contributed by atoms with E-state index < -0.39 is 6.10 Å². The zero-order valence-corrected chi connectivity index (χ0v) is 13.9. The summed E-state index contributed by atoms with van der Waals surface area (Å²) in [5, 5.41) is 10.7. The highest BCUT2D eigenvalue weighted by molar-refractivity contribution is 6.01. The van der Waals surface area contributed by atoms with Crippen LogP contribution in [-0.4, -0.2) is 45.2 Å². The fourth-order valence-electron chi connectivity index (χ4n) is 3.01. The number of para-hydroxylation sites is 1. The third-order valence-corrected chi connectivity index (χ3v) is 4.71. The van der Waals surface area contributed by atoms with Crippen LogP contribution < -0.4 is 5.56 Å². The van der Waals surface area contributed by atoms with E-state index in [2.05, 4.69) is 4.98 Å². The minimum atomic E-state index is -0.498. The fraction of sp³-hybridized carbons (Fsp3) is 0.389. The van der Waals surface area contributed by atoms with Crippen molar-refractivity contribution in [3.63, 3.8) is 0 Å². The number of benzene rings is 1. The first-order valence-corrected chi connectivity index (χ1v) is 8.33. The Balaban J connectivity index is 1.58. The summed E-state index contributed by atoms with van der Waals surface area (Å²) < 4.78 is 6.85. The molecule has 2 heterocycles. The van der Waals surface area contributed by atoms with Gasteiger partial charge >= 0.3 is 0 Å². The monoisotopic (exact) mass is 341 g/mol. The van der Waals surface area contributed by atoms with Crippen molar-refractivity contribution in [1.29, 1.82) is 0 Å². The molecule has 25 heavy (non-hydrogen) atoms. The molecule has 0 radical (unpaired) electrons. The lowest BCUT2D eigenvalue weighted by molar-refractivity contribution is -0.132. The average molecular weight is 341 g/mol. The van der Waals surface area contributed by atoms with Crippen molar-refractivity contribution in [2.45, 2.75) is 25.5 Å². The molecule has 1 saturated carbocycles. The smallest absolute Gasteiger partial charge is 0.297 e. The predicted molar refractivity (Wildman–Crippen MR) is 92.1 cm³/mol. The standard InChI is InChI=1S/C18H19N3O4/c1-20(8-13(22)11-6-7-11)15(23)9-21-10-19-16-12-4-2-3-5-14(12)25-17(16)18(21)24/h2-5,10-11,13,22H,6-9H2,1H3. The van der Waals surface area contributed by atoms with E-state index in [1.165, 1.54) is 15.8 Å². The van der Waals surface area contributed by atoms with Crippen LogP contribution in [-0.2, 0) is 11.3 Å². The molecule has 3 aromatic rings. The van der Waals surface area contributed by atoms with E-state index in [0.717, 1.165) is 18.2 Å². The Kier molecular flexibility index (Phi) is 3.80. The Hall–Kier alpha value is -2.67. The maximum absolute atomic E-state index is 12.6. The van der Waals surface area contributed by atoms with Crippen LogP contribution in [0, 0.1) is 5.92 Å². The van der Waals surface area contributed by atoms with Crippen molar-refractivity contribution in [2.24, 2.45) is 5.92 Å². The SMILES string of the molecule is CN(CC(O)C1CC1)C(=O)Cn1cnc2c(oc3ccccc32)c1=O. The van der Waals surface area contributed by atoms with Crippen molar-refractivity contribution in [1.82, 2.24) is 14.5 Å². The van der Waals surface area contributed by atoms with Crippen molar-refractivity contribution in [3.05, 3.63) is 40.9 Å². The first kappa shape index (κ1) is 15.8. The Morgan fingerprint density at radius 1 is 1.44 bits per heavy atom. The quantitative estimate of drug-likeness (QED) is 0.757. The number of fused-ring (bicyclic) bond motifs is 3. The van der Waals surface area contributed by atoms with Crippen LogP contribution in [0.25, 0.3) is 22.1 Å². The van der Waals surface area contributed by atoms with Gasteiger partial charge in [-0.05, 0) is 30.9 Å². The molecule has 0 saturated heterocycles. The Bertz CT molecular complexity index is 1000. The molecule has 130 valence electrons. The number of aliphatic hydroxyl groups excluding tert-OH is 1. The van der Waals surface area contributed by atoms with E-state index in [-0.39, 0.29) is 30.1 Å². The van der Waals surface area contributed by atoms with E-state index in [0.29, 0.717) is 17.0 Å². The second-order valence-corrected chi connectivity index (χ2v) is 6.63. The van der Waals surface area contributed by atoms with Crippen molar-refractivity contribution >= 4 is 28.0 Å². The lowest BCUT2D eigenvalue weighted by Gasteiger charge is -2.21. The molecule has 1 aliphatic carbocycles. The molecule has 7 nitrogen and oxygen atoms in total. The predicted octanol–water partition coefficient (Wildman–Crippen LogP) is 1.37. The van der Waals surface area contributed by atoms with E-state index in [1.54, 1.807) is 13.1 Å². The van der Waals surface area contributed by atoms with Crippen LogP contribution in [0.2, 0.25) is 0 Å². The number of carbonyl (C=O) groups excluding carboxylic acids is 1. The van der Waals surface area contributed by atoms with Gasteiger partial charge in [0.2, 0.25) is 11.5 Å². The molecule has 0 aliphatic heterocycles. The normalized spacial score (nSPS) is 15.6. The Morgan fingerprint density at radius 3 is 2.96 bits per heavy atom. The van der Waals surface area contributed by atoms with Crippen molar-refractivity contribution in [2.75, 3.05) is 13.6 Å². The molecule has 1 N–H and O–H groups in total. The number of hydrogen-bond acceptors (Lipinski definition) is 5. The van der Waals surface area contributed by atoms with Gasteiger partial charge in [0.1, 0.15) is 17.6 Å². The summed E-state index contributed by atoms with van der Waals surface area (Å²) in [7, 11) is 1.63. The molecule has 1 unspecified atom stereocenters. The molecule has 1 amide bonds. The van der Waals surface area contributed by atoms with E-state index >= 15 is 0 Å². The molecular weight excluding hydrogens is 322 g/mol. The third-order valence-electron chi connectivity index (χ3n) is 4.71. The molecule has 1 aliphatic rings. The maximum Gasteiger partial charge on any atom is 0.297 e. The summed E-state index contributed by atoms with van der Waals surface area (Å²) in [5.74, 6) is 0.0469.